The third kappa shape index (κ3) is 4.23. The molecule has 5 rings (SSSR count). The minimum Gasteiger partial charge on any atom is -0.490 e. The average molecular weight is 396 g/mol. The van der Waals surface area contributed by atoms with Gasteiger partial charge in [-0.3, -0.25) is 4.90 Å². The van der Waals surface area contributed by atoms with Crippen molar-refractivity contribution in [2.45, 2.75) is 63.3 Å². The Morgan fingerprint density at radius 2 is 1.59 bits per heavy atom. The third-order valence-corrected chi connectivity index (χ3v) is 7.01. The predicted octanol–water partition coefficient (Wildman–Crippen LogP) is 3.96. The molecule has 3 fully saturated rings. The van der Waals surface area contributed by atoms with Crippen LogP contribution in [-0.2, 0) is 0 Å². The number of aliphatic hydroxyl groups excluding tert-OH is 1. The van der Waals surface area contributed by atoms with Crippen LogP contribution in [0.15, 0.2) is 42.7 Å². The highest BCUT2D eigenvalue weighted by Gasteiger charge is 2.29. The lowest BCUT2D eigenvalue weighted by Crippen LogP contribution is -2.46. The SMILES string of the molecule is OC(c1ccn(-c2ccc(OC3CCN(C4CCC4)CC3)cc2)c1)N1CCCC1. The van der Waals surface area contributed by atoms with Crippen molar-refractivity contribution in [3.05, 3.63) is 48.3 Å². The van der Waals surface area contributed by atoms with Crippen LogP contribution in [0, 0.1) is 0 Å². The summed E-state index contributed by atoms with van der Waals surface area (Å²) < 4.78 is 8.33. The summed E-state index contributed by atoms with van der Waals surface area (Å²) in [5, 5.41) is 10.6. The van der Waals surface area contributed by atoms with Crippen molar-refractivity contribution in [2.75, 3.05) is 26.2 Å². The molecule has 29 heavy (non-hydrogen) atoms. The molecule has 0 bridgehead atoms. The molecule has 1 aliphatic carbocycles. The molecule has 1 aromatic carbocycles. The van der Waals surface area contributed by atoms with Crippen LogP contribution in [0.25, 0.3) is 5.69 Å². The van der Waals surface area contributed by atoms with Gasteiger partial charge in [0.1, 0.15) is 18.1 Å². The first-order chi connectivity index (χ1) is 14.3. The molecule has 2 aromatic rings. The molecule has 3 aliphatic rings. The van der Waals surface area contributed by atoms with E-state index in [1.807, 2.05) is 18.5 Å². The number of rotatable bonds is 6. The number of nitrogens with zero attached hydrogens (tertiary/aromatic N) is 3. The molecule has 156 valence electrons. The van der Waals surface area contributed by atoms with Crippen molar-refractivity contribution in [1.82, 2.24) is 14.4 Å². The zero-order valence-electron chi connectivity index (χ0n) is 17.2. The van der Waals surface area contributed by atoms with Gasteiger partial charge in [-0.15, -0.1) is 0 Å². The second kappa shape index (κ2) is 8.50. The number of benzene rings is 1. The van der Waals surface area contributed by atoms with Crippen LogP contribution < -0.4 is 4.74 Å². The second-order valence-corrected chi connectivity index (χ2v) is 8.90. The molecule has 2 aliphatic heterocycles. The molecule has 5 nitrogen and oxygen atoms in total. The van der Waals surface area contributed by atoms with Gasteiger partial charge in [0.2, 0.25) is 0 Å². The molecule has 1 atom stereocenters. The van der Waals surface area contributed by atoms with E-state index in [4.69, 9.17) is 4.74 Å². The summed E-state index contributed by atoms with van der Waals surface area (Å²) in [6.45, 7) is 4.33. The maximum Gasteiger partial charge on any atom is 0.135 e. The van der Waals surface area contributed by atoms with Gasteiger partial charge >= 0.3 is 0 Å². The quantitative estimate of drug-likeness (QED) is 0.804. The smallest absolute Gasteiger partial charge is 0.135 e. The normalized spacial score (nSPS) is 23.2. The Labute approximate surface area is 173 Å². The molecule has 1 N–H and O–H groups in total. The summed E-state index contributed by atoms with van der Waals surface area (Å²) >= 11 is 0. The van der Waals surface area contributed by atoms with Gasteiger partial charge in [-0.05, 0) is 68.9 Å². The summed E-state index contributed by atoms with van der Waals surface area (Å²) in [7, 11) is 0. The van der Waals surface area contributed by atoms with E-state index in [2.05, 4.69) is 38.6 Å². The van der Waals surface area contributed by atoms with Crippen LogP contribution in [0.2, 0.25) is 0 Å². The summed E-state index contributed by atoms with van der Waals surface area (Å²) in [5.41, 5.74) is 2.06. The third-order valence-electron chi connectivity index (χ3n) is 7.01. The predicted molar refractivity (Wildman–Crippen MR) is 114 cm³/mol. The maximum atomic E-state index is 10.6. The standard InChI is InChI=1S/C24H33N3O2/c28-24(26-13-1-2-14-26)19-10-15-27(18-19)21-6-8-22(9-7-21)29-23-11-16-25(17-12-23)20-4-3-5-20/h6-10,15,18,20,23-24,28H,1-5,11-14,16-17H2. The molecule has 1 unspecified atom stereocenters. The lowest BCUT2D eigenvalue weighted by molar-refractivity contribution is 0.0191. The van der Waals surface area contributed by atoms with Gasteiger partial charge < -0.3 is 19.3 Å². The molecule has 3 heterocycles. The van der Waals surface area contributed by atoms with E-state index < -0.39 is 6.23 Å². The zero-order valence-corrected chi connectivity index (χ0v) is 17.2. The Kier molecular flexibility index (Phi) is 5.62. The largest absolute Gasteiger partial charge is 0.490 e. The summed E-state index contributed by atoms with van der Waals surface area (Å²) in [4.78, 5) is 4.81. The molecule has 5 heteroatoms. The molecular weight excluding hydrogens is 362 g/mol. The first-order valence-electron chi connectivity index (χ1n) is 11.4. The Bertz CT molecular complexity index is 785. The van der Waals surface area contributed by atoms with Gasteiger partial charge in [0.15, 0.2) is 0 Å². The van der Waals surface area contributed by atoms with Crippen LogP contribution in [0.1, 0.15) is 56.7 Å². The Hall–Kier alpha value is -1.82. The molecule has 0 spiro atoms. The first-order valence-corrected chi connectivity index (χ1v) is 11.4. The van der Waals surface area contributed by atoms with Crippen molar-refractivity contribution >= 4 is 0 Å². The molecule has 1 saturated carbocycles. The summed E-state index contributed by atoms with van der Waals surface area (Å²) in [6, 6.07) is 11.2. The van der Waals surface area contributed by atoms with E-state index in [9.17, 15) is 5.11 Å². The lowest BCUT2D eigenvalue weighted by Gasteiger charge is -2.41. The highest BCUT2D eigenvalue weighted by Crippen LogP contribution is 2.29. The van der Waals surface area contributed by atoms with Gasteiger partial charge in [0.25, 0.3) is 0 Å². The molecular formula is C24H33N3O2. The molecule has 0 radical (unpaired) electrons. The van der Waals surface area contributed by atoms with Gasteiger partial charge in [0, 0.05) is 55.9 Å². The van der Waals surface area contributed by atoms with E-state index in [1.165, 1.54) is 45.2 Å². The van der Waals surface area contributed by atoms with Crippen LogP contribution >= 0.6 is 0 Å². The van der Waals surface area contributed by atoms with Gasteiger partial charge in [0.05, 0.1) is 0 Å². The van der Waals surface area contributed by atoms with Crippen molar-refractivity contribution < 1.29 is 9.84 Å². The van der Waals surface area contributed by atoms with Gasteiger partial charge in [-0.1, -0.05) is 6.42 Å². The van der Waals surface area contributed by atoms with Gasteiger partial charge in [-0.25, -0.2) is 0 Å². The number of ether oxygens (including phenoxy) is 1. The van der Waals surface area contributed by atoms with Crippen molar-refractivity contribution in [3.8, 4) is 11.4 Å². The zero-order chi connectivity index (χ0) is 19.6. The number of hydrogen-bond donors (Lipinski definition) is 1. The Balaban J connectivity index is 1.16. The Morgan fingerprint density at radius 3 is 2.24 bits per heavy atom. The fourth-order valence-corrected chi connectivity index (χ4v) is 4.92. The molecule has 0 amide bonds. The number of aromatic nitrogens is 1. The average Bonchev–Trinajstić information content (AvgIpc) is 3.41. The summed E-state index contributed by atoms with van der Waals surface area (Å²) in [5.74, 6) is 0.959. The van der Waals surface area contributed by atoms with E-state index in [-0.39, 0.29) is 0 Å². The number of piperidine rings is 1. The minimum absolute atomic E-state index is 0.339. The number of likely N-dealkylation sites (tertiary alicyclic amines) is 2. The monoisotopic (exact) mass is 395 g/mol. The van der Waals surface area contributed by atoms with E-state index >= 15 is 0 Å². The fraction of sp³-hybridized carbons (Fsp3) is 0.583. The van der Waals surface area contributed by atoms with E-state index in [1.54, 1.807) is 0 Å². The second-order valence-electron chi connectivity index (χ2n) is 8.90. The number of aliphatic hydroxyl groups is 1. The van der Waals surface area contributed by atoms with Crippen LogP contribution in [0.5, 0.6) is 5.75 Å². The van der Waals surface area contributed by atoms with Gasteiger partial charge in [-0.2, -0.15) is 0 Å². The fourth-order valence-electron chi connectivity index (χ4n) is 4.92. The van der Waals surface area contributed by atoms with Crippen LogP contribution in [0.3, 0.4) is 0 Å². The highest BCUT2D eigenvalue weighted by molar-refractivity contribution is 5.39. The highest BCUT2D eigenvalue weighted by atomic mass is 16.5. The van der Waals surface area contributed by atoms with Crippen molar-refractivity contribution in [1.29, 1.82) is 0 Å². The first kappa shape index (κ1) is 19.2. The maximum absolute atomic E-state index is 10.6. The lowest BCUT2D eigenvalue weighted by atomic mass is 9.90. The van der Waals surface area contributed by atoms with E-state index in [0.717, 1.165) is 49.0 Å². The summed E-state index contributed by atoms with van der Waals surface area (Å²) in [6.07, 6.45) is 12.7. The van der Waals surface area contributed by atoms with Crippen LogP contribution in [-0.4, -0.2) is 57.8 Å². The van der Waals surface area contributed by atoms with Crippen LogP contribution in [0.4, 0.5) is 0 Å². The Morgan fingerprint density at radius 1 is 0.862 bits per heavy atom. The molecule has 2 saturated heterocycles. The van der Waals surface area contributed by atoms with Crippen molar-refractivity contribution in [3.63, 3.8) is 0 Å². The van der Waals surface area contributed by atoms with E-state index in [0.29, 0.717) is 6.10 Å². The molecule has 1 aromatic heterocycles. The van der Waals surface area contributed by atoms with Crippen molar-refractivity contribution in [2.24, 2.45) is 0 Å². The topological polar surface area (TPSA) is 40.9 Å². The minimum atomic E-state index is -0.493. The number of hydrogen-bond acceptors (Lipinski definition) is 4.